The van der Waals surface area contributed by atoms with E-state index in [4.69, 9.17) is 0 Å². The van der Waals surface area contributed by atoms with Crippen molar-refractivity contribution in [3.05, 3.63) is 141 Å². The maximum absolute atomic E-state index is 16.4. The topological polar surface area (TPSA) is 150 Å². The molecule has 0 unspecified atom stereocenters. The second-order valence-corrected chi connectivity index (χ2v) is 25.9. The summed E-state index contributed by atoms with van der Waals surface area (Å²) in [5.74, 6) is -6.46. The van der Waals surface area contributed by atoms with Crippen molar-refractivity contribution >= 4 is 133 Å². The van der Waals surface area contributed by atoms with Gasteiger partial charge in [0.1, 0.15) is 23.3 Å². The number of halogens is 4. The first-order chi connectivity index (χ1) is 42.7. The summed E-state index contributed by atoms with van der Waals surface area (Å²) in [5, 5.41) is 4.54. The second kappa shape index (κ2) is 19.3. The SMILES string of the molecule is O=C1c2ccc3c4c(F)cc5c6c(cc(F)c(c7ccc(c2c37)C(=O)N1C1CCCCC1)c64)C(=O)N(C1CCCCC1)C5=O.O=C1c2ccc3c4c(F)cc5c6c(ccc(c7c(F)cc(c2c37)C(=O)N1C1CCCCC1)c64)C(=O)N(C1CCCCC1)C5=O. The molecule has 4 aliphatic heterocycles. The van der Waals surface area contributed by atoms with Crippen molar-refractivity contribution < 1.29 is 55.9 Å². The van der Waals surface area contributed by atoms with E-state index in [1.807, 2.05) is 0 Å². The highest BCUT2D eigenvalue weighted by Gasteiger charge is 2.45. The third-order valence-corrected chi connectivity index (χ3v) is 21.4. The van der Waals surface area contributed by atoms with E-state index < -0.39 is 58.7 Å². The minimum atomic E-state index is -0.708. The van der Waals surface area contributed by atoms with Gasteiger partial charge in [-0.15, -0.1) is 0 Å². The zero-order valence-corrected chi connectivity index (χ0v) is 47.9. The quantitative estimate of drug-likeness (QED) is 0.0732. The molecule has 12 nitrogen and oxygen atoms in total. The van der Waals surface area contributed by atoms with E-state index in [9.17, 15) is 38.4 Å². The van der Waals surface area contributed by atoms with Crippen LogP contribution in [0.1, 0.15) is 211 Å². The number of hydrogen-bond acceptors (Lipinski definition) is 8. The van der Waals surface area contributed by atoms with Crippen LogP contribution in [0, 0.1) is 23.3 Å². The molecule has 0 radical (unpaired) electrons. The molecule has 8 aliphatic rings. The number of imide groups is 4. The highest BCUT2D eigenvalue weighted by Crippen LogP contribution is 2.52. The van der Waals surface area contributed by atoms with Crippen LogP contribution in [0.4, 0.5) is 17.6 Å². The number of carbonyl (C=O) groups is 8. The fraction of sp³-hybridized carbons (Fsp3) is 0.333. The highest BCUT2D eigenvalue weighted by molar-refractivity contribution is 6.43. The number of carbonyl (C=O) groups excluding carboxylic acids is 8. The third kappa shape index (κ3) is 7.08. The first-order valence-electron chi connectivity index (χ1n) is 31.4. The molecule has 0 bridgehead atoms. The molecule has 4 aliphatic carbocycles. The number of benzene rings is 10. The van der Waals surface area contributed by atoms with E-state index in [2.05, 4.69) is 0 Å². The molecule has 4 fully saturated rings. The zero-order valence-electron chi connectivity index (χ0n) is 47.9. The Morgan fingerprint density at radius 2 is 0.432 bits per heavy atom. The average Bonchev–Trinajstić information content (AvgIpc) is 0.697. The summed E-state index contributed by atoms with van der Waals surface area (Å²) in [4.78, 5) is 116. The summed E-state index contributed by atoms with van der Waals surface area (Å²) in [6.07, 6.45) is 17.3. The lowest BCUT2D eigenvalue weighted by Gasteiger charge is -2.37. The maximum atomic E-state index is 16.4. The van der Waals surface area contributed by atoms with Crippen molar-refractivity contribution in [3.63, 3.8) is 0 Å². The van der Waals surface area contributed by atoms with E-state index >= 15 is 17.6 Å². The molecule has 0 saturated heterocycles. The van der Waals surface area contributed by atoms with Gasteiger partial charge in [-0.25, -0.2) is 17.6 Å². The van der Waals surface area contributed by atoms with Crippen LogP contribution in [-0.2, 0) is 0 Å². The molecule has 4 heterocycles. The first kappa shape index (κ1) is 53.3. The van der Waals surface area contributed by atoms with Gasteiger partial charge in [-0.2, -0.15) is 0 Å². The minimum Gasteiger partial charge on any atom is -0.271 e. The molecule has 8 amide bonds. The molecule has 4 saturated carbocycles. The largest absolute Gasteiger partial charge is 0.271 e. The molecule has 0 N–H and O–H groups in total. The van der Waals surface area contributed by atoms with Crippen LogP contribution < -0.4 is 0 Å². The van der Waals surface area contributed by atoms with Crippen LogP contribution in [0.25, 0.3) is 86.2 Å². The normalized spacial score (nSPS) is 20.0. The Bertz CT molecular complexity index is 4660. The lowest BCUT2D eigenvalue weighted by atomic mass is 9.81. The van der Waals surface area contributed by atoms with E-state index in [1.165, 1.54) is 43.9 Å². The monoisotopic (exact) mass is 1180 g/mol. The Morgan fingerprint density at radius 3 is 0.693 bits per heavy atom. The van der Waals surface area contributed by atoms with Crippen LogP contribution in [0.2, 0.25) is 0 Å². The van der Waals surface area contributed by atoms with Gasteiger partial charge in [-0.05, 0) is 127 Å². The van der Waals surface area contributed by atoms with Gasteiger partial charge in [0, 0.05) is 106 Å². The predicted octanol–water partition coefficient (Wildman–Crippen LogP) is 15.7. The summed E-state index contributed by atoms with van der Waals surface area (Å²) in [7, 11) is 0. The average molecular weight is 1180 g/mol. The van der Waals surface area contributed by atoms with Crippen LogP contribution >= 0.6 is 0 Å². The molecular weight excluding hydrogens is 1120 g/mol. The number of nitrogens with zero attached hydrogens (tertiary/aromatic N) is 4. The molecule has 16 heteroatoms. The Labute approximate surface area is 500 Å². The van der Waals surface area contributed by atoms with Gasteiger partial charge < -0.3 is 0 Å². The van der Waals surface area contributed by atoms with Crippen molar-refractivity contribution in [1.82, 2.24) is 19.6 Å². The van der Waals surface area contributed by atoms with Crippen LogP contribution in [0.3, 0.4) is 0 Å². The van der Waals surface area contributed by atoms with Gasteiger partial charge in [0.2, 0.25) is 0 Å². The molecule has 0 aromatic heterocycles. The first-order valence-corrected chi connectivity index (χ1v) is 31.4. The van der Waals surface area contributed by atoms with Gasteiger partial charge in [0.05, 0.1) is 22.3 Å². The van der Waals surface area contributed by atoms with E-state index in [-0.39, 0.29) is 90.6 Å². The summed E-state index contributed by atoms with van der Waals surface area (Å²) < 4.78 is 65.5. The van der Waals surface area contributed by atoms with Gasteiger partial charge in [-0.1, -0.05) is 101 Å². The van der Waals surface area contributed by atoms with Crippen molar-refractivity contribution in [2.75, 3.05) is 0 Å². The fourth-order valence-electron chi connectivity index (χ4n) is 17.5. The van der Waals surface area contributed by atoms with Crippen molar-refractivity contribution in [1.29, 1.82) is 0 Å². The number of amides is 8. The number of rotatable bonds is 4. The molecule has 10 aromatic rings. The standard InChI is InChI=1S/2C36H28F2N2O4/c37-25-15-23-27-21(33(41)39(35(23)43)17-7-3-1-4-8-17)13-11-19-30-26(38)16-24-28-22(14-12-20(32(28)30)29(25)31(19)27)34(42)40(36(24)44)18-9-5-2-6-10-18;37-25-15-23-29-24(36(44)40(35(23)43)18-9-5-2-6-10-18)16-26(38)31-20-12-14-22-28-21(13-11-19(27(20)28)30(25)32(29)31)33(41)39(34(22)42)17-7-3-1-4-8-17/h2*11-18H,1-10H2. The summed E-state index contributed by atoms with van der Waals surface area (Å²) >= 11 is 0. The Morgan fingerprint density at radius 1 is 0.227 bits per heavy atom. The second-order valence-electron chi connectivity index (χ2n) is 25.9. The fourth-order valence-corrected chi connectivity index (χ4v) is 17.5. The van der Waals surface area contributed by atoms with E-state index in [1.54, 1.807) is 48.5 Å². The van der Waals surface area contributed by atoms with Crippen LogP contribution in [0.15, 0.2) is 72.8 Å². The molecule has 18 rings (SSSR count). The molecular formula is C72H56F4N4O8. The molecule has 88 heavy (non-hydrogen) atoms. The smallest absolute Gasteiger partial charge is 0.261 e. The lowest BCUT2D eigenvalue weighted by molar-refractivity contribution is 0.0487. The Hall–Kier alpha value is -8.92. The number of fused-ring (bicyclic) bond motifs is 4. The Kier molecular flexibility index (Phi) is 11.7. The molecule has 0 atom stereocenters. The molecule has 0 spiro atoms. The number of hydrogen-bond donors (Lipinski definition) is 0. The lowest BCUT2D eigenvalue weighted by Crippen LogP contribution is -2.48. The van der Waals surface area contributed by atoms with Crippen LogP contribution in [0.5, 0.6) is 0 Å². The minimum absolute atomic E-state index is 0.0604. The van der Waals surface area contributed by atoms with E-state index in [0.29, 0.717) is 89.0 Å². The Balaban J connectivity index is 0.000000137. The predicted molar refractivity (Wildman–Crippen MR) is 325 cm³/mol. The molecule has 10 aromatic carbocycles. The van der Waals surface area contributed by atoms with E-state index in [0.717, 1.165) is 116 Å². The van der Waals surface area contributed by atoms with Gasteiger partial charge in [0.25, 0.3) is 47.3 Å². The maximum Gasteiger partial charge on any atom is 0.261 e. The summed E-state index contributed by atoms with van der Waals surface area (Å²) in [6.45, 7) is 0. The van der Waals surface area contributed by atoms with Crippen molar-refractivity contribution in [2.45, 2.75) is 153 Å². The highest BCUT2D eigenvalue weighted by atomic mass is 19.1. The summed E-state index contributed by atoms with van der Waals surface area (Å²) in [5.41, 5.74) is 1.61. The summed E-state index contributed by atoms with van der Waals surface area (Å²) in [6, 6.07) is 16.8. The van der Waals surface area contributed by atoms with Crippen molar-refractivity contribution in [3.8, 4) is 0 Å². The third-order valence-electron chi connectivity index (χ3n) is 21.4. The van der Waals surface area contributed by atoms with Gasteiger partial charge >= 0.3 is 0 Å². The van der Waals surface area contributed by atoms with Gasteiger partial charge in [0.15, 0.2) is 0 Å². The molecule has 440 valence electrons. The zero-order chi connectivity index (χ0) is 60.0. The van der Waals surface area contributed by atoms with Crippen molar-refractivity contribution in [2.24, 2.45) is 0 Å². The van der Waals surface area contributed by atoms with Crippen LogP contribution in [-0.4, -0.2) is 91.0 Å². The van der Waals surface area contributed by atoms with Gasteiger partial charge in [-0.3, -0.25) is 58.0 Å².